The number of amides is 1. The number of nitrogen functional groups attached to an aromatic ring is 1. The molecule has 0 heterocycles. The third-order valence-corrected chi connectivity index (χ3v) is 3.81. The molecule has 4 N–H and O–H groups in total. The standard InChI is InChI=1S/C16H28N4O/c1-4-19(5-2)10-7-11-20(6-3)15-12-13(17)8-9-14(15)16(18)21/h8-9,12H,4-7,10-11,17H2,1-3H3,(H2,18,21). The predicted molar refractivity (Wildman–Crippen MR) is 89.7 cm³/mol. The van der Waals surface area contributed by atoms with Crippen LogP contribution in [0.1, 0.15) is 37.6 Å². The topological polar surface area (TPSA) is 75.6 Å². The maximum atomic E-state index is 11.6. The molecule has 21 heavy (non-hydrogen) atoms. The van der Waals surface area contributed by atoms with Crippen molar-refractivity contribution in [3.05, 3.63) is 23.8 Å². The van der Waals surface area contributed by atoms with E-state index in [-0.39, 0.29) is 0 Å². The molecule has 0 saturated heterocycles. The summed E-state index contributed by atoms with van der Waals surface area (Å²) in [6.45, 7) is 11.3. The zero-order chi connectivity index (χ0) is 15.8. The van der Waals surface area contributed by atoms with Crippen LogP contribution in [0.2, 0.25) is 0 Å². The Balaban J connectivity index is 2.80. The van der Waals surface area contributed by atoms with Gasteiger partial charge >= 0.3 is 0 Å². The van der Waals surface area contributed by atoms with Gasteiger partial charge in [0.2, 0.25) is 0 Å². The van der Waals surface area contributed by atoms with E-state index in [9.17, 15) is 4.79 Å². The van der Waals surface area contributed by atoms with Crippen LogP contribution in [-0.4, -0.2) is 43.5 Å². The highest BCUT2D eigenvalue weighted by Gasteiger charge is 2.14. The molecule has 0 aliphatic rings. The van der Waals surface area contributed by atoms with Gasteiger partial charge in [-0.15, -0.1) is 0 Å². The number of rotatable bonds is 9. The number of anilines is 2. The summed E-state index contributed by atoms with van der Waals surface area (Å²) >= 11 is 0. The van der Waals surface area contributed by atoms with E-state index in [4.69, 9.17) is 11.5 Å². The zero-order valence-electron chi connectivity index (χ0n) is 13.4. The molecule has 0 fully saturated rings. The first kappa shape index (κ1) is 17.3. The summed E-state index contributed by atoms with van der Waals surface area (Å²) < 4.78 is 0. The summed E-state index contributed by atoms with van der Waals surface area (Å²) in [5.41, 5.74) is 13.3. The number of carbonyl (C=O) groups is 1. The van der Waals surface area contributed by atoms with E-state index < -0.39 is 5.91 Å². The van der Waals surface area contributed by atoms with Gasteiger partial charge in [0, 0.05) is 18.8 Å². The lowest BCUT2D eigenvalue weighted by Crippen LogP contribution is -2.31. The molecule has 0 saturated carbocycles. The summed E-state index contributed by atoms with van der Waals surface area (Å²) in [7, 11) is 0. The molecule has 0 atom stereocenters. The van der Waals surface area contributed by atoms with E-state index in [0.717, 1.165) is 44.8 Å². The number of nitrogens with zero attached hydrogens (tertiary/aromatic N) is 2. The van der Waals surface area contributed by atoms with E-state index in [2.05, 4.69) is 30.6 Å². The summed E-state index contributed by atoms with van der Waals surface area (Å²) in [6.07, 6.45) is 1.04. The van der Waals surface area contributed by atoms with Crippen LogP contribution in [0.3, 0.4) is 0 Å². The average Bonchev–Trinajstić information content (AvgIpc) is 2.47. The number of primary amides is 1. The molecule has 0 unspecified atom stereocenters. The Morgan fingerprint density at radius 3 is 2.29 bits per heavy atom. The first-order valence-electron chi connectivity index (χ1n) is 7.70. The van der Waals surface area contributed by atoms with Gasteiger partial charge in [0.25, 0.3) is 5.91 Å². The van der Waals surface area contributed by atoms with Crippen molar-refractivity contribution in [1.82, 2.24) is 4.90 Å². The van der Waals surface area contributed by atoms with Crippen LogP contribution in [0.25, 0.3) is 0 Å². The molecule has 0 aromatic heterocycles. The van der Waals surface area contributed by atoms with Crippen LogP contribution >= 0.6 is 0 Å². The van der Waals surface area contributed by atoms with E-state index in [1.807, 2.05) is 6.07 Å². The molecular formula is C16H28N4O. The van der Waals surface area contributed by atoms with Crippen molar-refractivity contribution in [2.45, 2.75) is 27.2 Å². The third kappa shape index (κ3) is 4.93. The minimum Gasteiger partial charge on any atom is -0.399 e. The van der Waals surface area contributed by atoms with Gasteiger partial charge in [-0.3, -0.25) is 4.79 Å². The van der Waals surface area contributed by atoms with E-state index in [0.29, 0.717) is 11.3 Å². The second-order valence-electron chi connectivity index (χ2n) is 5.10. The smallest absolute Gasteiger partial charge is 0.250 e. The summed E-state index contributed by atoms with van der Waals surface area (Å²) in [6, 6.07) is 5.26. The minimum atomic E-state index is -0.410. The summed E-state index contributed by atoms with van der Waals surface area (Å²) in [4.78, 5) is 16.1. The largest absolute Gasteiger partial charge is 0.399 e. The lowest BCUT2D eigenvalue weighted by atomic mass is 10.1. The third-order valence-electron chi connectivity index (χ3n) is 3.81. The van der Waals surface area contributed by atoms with Gasteiger partial charge < -0.3 is 21.3 Å². The Bertz CT molecular complexity index is 458. The first-order valence-corrected chi connectivity index (χ1v) is 7.70. The highest BCUT2D eigenvalue weighted by molar-refractivity contribution is 5.99. The van der Waals surface area contributed by atoms with Gasteiger partial charge in [-0.05, 0) is 51.2 Å². The second kappa shape index (κ2) is 8.52. The fourth-order valence-corrected chi connectivity index (χ4v) is 2.49. The van der Waals surface area contributed by atoms with Gasteiger partial charge in [0.05, 0.1) is 11.3 Å². The van der Waals surface area contributed by atoms with E-state index >= 15 is 0 Å². The molecule has 0 radical (unpaired) electrons. The van der Waals surface area contributed by atoms with Crippen LogP contribution in [0.5, 0.6) is 0 Å². The maximum Gasteiger partial charge on any atom is 0.250 e. The predicted octanol–water partition coefficient (Wildman–Crippen LogP) is 1.93. The highest BCUT2D eigenvalue weighted by atomic mass is 16.1. The van der Waals surface area contributed by atoms with Crippen molar-refractivity contribution in [2.24, 2.45) is 5.73 Å². The van der Waals surface area contributed by atoms with Gasteiger partial charge in [-0.25, -0.2) is 0 Å². The highest BCUT2D eigenvalue weighted by Crippen LogP contribution is 2.23. The Morgan fingerprint density at radius 2 is 1.76 bits per heavy atom. The molecule has 0 bridgehead atoms. The first-order chi connectivity index (χ1) is 10.0. The van der Waals surface area contributed by atoms with Gasteiger partial charge in [0.1, 0.15) is 0 Å². The molecule has 1 aromatic rings. The summed E-state index contributed by atoms with van der Waals surface area (Å²) in [5.74, 6) is -0.410. The van der Waals surface area contributed by atoms with Crippen LogP contribution in [0, 0.1) is 0 Å². The van der Waals surface area contributed by atoms with Crippen molar-refractivity contribution in [3.63, 3.8) is 0 Å². The maximum absolute atomic E-state index is 11.6. The zero-order valence-corrected chi connectivity index (χ0v) is 13.4. The van der Waals surface area contributed by atoms with Crippen LogP contribution in [-0.2, 0) is 0 Å². The Morgan fingerprint density at radius 1 is 1.10 bits per heavy atom. The SMILES string of the molecule is CCN(CC)CCCN(CC)c1cc(N)ccc1C(N)=O. The van der Waals surface area contributed by atoms with E-state index in [1.165, 1.54) is 0 Å². The summed E-state index contributed by atoms with van der Waals surface area (Å²) in [5, 5.41) is 0. The lowest BCUT2D eigenvalue weighted by Gasteiger charge is -2.27. The second-order valence-corrected chi connectivity index (χ2v) is 5.10. The van der Waals surface area contributed by atoms with Crippen molar-refractivity contribution in [3.8, 4) is 0 Å². The lowest BCUT2D eigenvalue weighted by molar-refractivity contribution is 0.100. The van der Waals surface area contributed by atoms with Gasteiger partial charge in [-0.1, -0.05) is 13.8 Å². The molecule has 118 valence electrons. The Hall–Kier alpha value is -1.75. The van der Waals surface area contributed by atoms with Crippen molar-refractivity contribution in [1.29, 1.82) is 0 Å². The molecule has 1 aromatic carbocycles. The molecular weight excluding hydrogens is 264 g/mol. The molecule has 0 aliphatic heterocycles. The number of benzene rings is 1. The quantitative estimate of drug-likeness (QED) is 0.682. The van der Waals surface area contributed by atoms with Gasteiger partial charge in [-0.2, -0.15) is 0 Å². The van der Waals surface area contributed by atoms with Gasteiger partial charge in [0.15, 0.2) is 0 Å². The minimum absolute atomic E-state index is 0.410. The molecule has 1 rings (SSSR count). The van der Waals surface area contributed by atoms with Crippen molar-refractivity contribution >= 4 is 17.3 Å². The molecule has 5 nitrogen and oxygen atoms in total. The van der Waals surface area contributed by atoms with Crippen LogP contribution in [0.4, 0.5) is 11.4 Å². The number of carbonyl (C=O) groups excluding carboxylic acids is 1. The molecule has 0 spiro atoms. The molecule has 1 amide bonds. The molecule has 0 aliphatic carbocycles. The van der Waals surface area contributed by atoms with Crippen LogP contribution < -0.4 is 16.4 Å². The fraction of sp³-hybridized carbons (Fsp3) is 0.562. The number of hydrogen-bond donors (Lipinski definition) is 2. The number of nitrogens with two attached hydrogens (primary N) is 2. The fourth-order valence-electron chi connectivity index (χ4n) is 2.49. The Kier molecular flexibility index (Phi) is 7.02. The normalized spacial score (nSPS) is 10.9. The van der Waals surface area contributed by atoms with E-state index in [1.54, 1.807) is 12.1 Å². The van der Waals surface area contributed by atoms with Crippen molar-refractivity contribution < 1.29 is 4.79 Å². The Labute approximate surface area is 127 Å². The monoisotopic (exact) mass is 292 g/mol. The number of hydrogen-bond acceptors (Lipinski definition) is 4. The van der Waals surface area contributed by atoms with Crippen molar-refractivity contribution in [2.75, 3.05) is 43.4 Å². The molecule has 5 heteroatoms. The van der Waals surface area contributed by atoms with Crippen LogP contribution in [0.15, 0.2) is 18.2 Å². The average molecular weight is 292 g/mol.